The third-order valence-electron chi connectivity index (χ3n) is 10.4. The van der Waals surface area contributed by atoms with E-state index in [9.17, 15) is 24.6 Å². The number of esters is 1. The number of hydrogen-bond donors (Lipinski definition) is 2. The van der Waals surface area contributed by atoms with Gasteiger partial charge >= 0.3 is 5.97 Å². The zero-order chi connectivity index (χ0) is 34.4. The molecule has 0 radical (unpaired) electrons. The summed E-state index contributed by atoms with van der Waals surface area (Å²) in [5, 5.41) is 23.8. The van der Waals surface area contributed by atoms with Gasteiger partial charge in [0, 0.05) is 29.9 Å². The Morgan fingerprint density at radius 1 is 1.12 bits per heavy atom. The highest BCUT2D eigenvalue weighted by Crippen LogP contribution is 2.57. The van der Waals surface area contributed by atoms with Gasteiger partial charge in [0.05, 0.1) is 53.5 Å². The van der Waals surface area contributed by atoms with Crippen molar-refractivity contribution >= 4 is 29.7 Å². The fourth-order valence-electron chi connectivity index (χ4n) is 7.86. The van der Waals surface area contributed by atoms with Gasteiger partial charge in [0.1, 0.15) is 29.1 Å². The number of carbonyl (C=O) groups is 3. The number of ketones is 1. The Labute approximate surface area is 285 Å². The van der Waals surface area contributed by atoms with Crippen molar-refractivity contribution in [2.24, 2.45) is 4.99 Å². The van der Waals surface area contributed by atoms with E-state index in [1.54, 1.807) is 20.8 Å². The molecule has 0 aromatic heterocycles. The molecule has 0 unspecified atom stereocenters. The van der Waals surface area contributed by atoms with Gasteiger partial charge in [0.15, 0.2) is 6.29 Å². The van der Waals surface area contributed by atoms with E-state index in [4.69, 9.17) is 18.9 Å². The second-order valence-electron chi connectivity index (χ2n) is 14.1. The molecule has 7 rings (SSSR count). The van der Waals surface area contributed by atoms with Crippen LogP contribution in [-0.2, 0) is 32.1 Å². The van der Waals surface area contributed by atoms with Crippen LogP contribution in [0.15, 0.2) is 40.1 Å². The van der Waals surface area contributed by atoms with Crippen LogP contribution in [0.1, 0.15) is 100 Å². The molecule has 2 aromatic rings. The monoisotopic (exact) mass is 669 g/mol. The van der Waals surface area contributed by atoms with Gasteiger partial charge in [-0.15, -0.1) is 0 Å². The van der Waals surface area contributed by atoms with E-state index in [0.29, 0.717) is 65.9 Å². The van der Waals surface area contributed by atoms with E-state index in [-0.39, 0.29) is 42.0 Å². The van der Waals surface area contributed by atoms with Crippen molar-refractivity contribution in [3.8, 4) is 17.2 Å². The minimum absolute atomic E-state index is 0.0189. The molecule has 10 heteroatoms. The molecular formula is C39H43NO9. The zero-order valence-electron chi connectivity index (χ0n) is 28.3. The van der Waals surface area contributed by atoms with Crippen molar-refractivity contribution in [2.45, 2.75) is 109 Å². The Bertz CT molecular complexity index is 1910. The maximum absolute atomic E-state index is 13.6. The molecule has 2 aromatic carbocycles. The highest BCUT2D eigenvalue weighted by atomic mass is 16.6. The number of aliphatic hydroxyl groups excluding tert-OH is 1. The average Bonchev–Trinajstić information content (AvgIpc) is 3.76. The fraction of sp³-hybridized carbons (Fsp3) is 0.487. The number of ether oxygens (including phenoxy) is 4. The van der Waals surface area contributed by atoms with Crippen LogP contribution in [-0.4, -0.2) is 59.2 Å². The van der Waals surface area contributed by atoms with Gasteiger partial charge in [-0.05, 0) is 82.2 Å². The van der Waals surface area contributed by atoms with E-state index < -0.39 is 30.2 Å². The zero-order valence-corrected chi connectivity index (χ0v) is 28.3. The number of carbonyl (C=O) groups excluding carboxylic acids is 3. The minimum atomic E-state index is -1.23. The molecule has 3 heterocycles. The topological polar surface area (TPSA) is 141 Å². The Hall–Kier alpha value is -4.28. The van der Waals surface area contributed by atoms with Crippen molar-refractivity contribution in [1.29, 1.82) is 0 Å². The number of aliphatic hydroxyl groups is 2. The van der Waals surface area contributed by atoms with Crippen molar-refractivity contribution < 1.29 is 43.5 Å². The highest BCUT2D eigenvalue weighted by Gasteiger charge is 2.45. The second kappa shape index (κ2) is 13.2. The first-order chi connectivity index (χ1) is 23.6. The van der Waals surface area contributed by atoms with E-state index in [1.807, 2.05) is 24.3 Å². The van der Waals surface area contributed by atoms with Crippen LogP contribution in [0.3, 0.4) is 0 Å². The molecule has 10 nitrogen and oxygen atoms in total. The molecule has 2 saturated carbocycles. The number of aldehydes is 1. The third-order valence-corrected chi connectivity index (χ3v) is 10.4. The van der Waals surface area contributed by atoms with Gasteiger partial charge in [-0.25, -0.2) is 4.79 Å². The summed E-state index contributed by atoms with van der Waals surface area (Å²) in [5.74, 6) is -0.516. The van der Waals surface area contributed by atoms with Crippen molar-refractivity contribution in [1.82, 2.24) is 0 Å². The van der Waals surface area contributed by atoms with Crippen molar-refractivity contribution in [2.75, 3.05) is 13.2 Å². The first-order valence-electron chi connectivity index (χ1n) is 17.5. The lowest BCUT2D eigenvalue weighted by molar-refractivity contribution is -0.141. The lowest BCUT2D eigenvalue weighted by Crippen LogP contribution is -2.39. The summed E-state index contributed by atoms with van der Waals surface area (Å²) < 4.78 is 24.9. The van der Waals surface area contributed by atoms with Gasteiger partial charge in [0.2, 0.25) is 5.76 Å². The number of hydrogen-bond acceptors (Lipinski definition) is 10. The lowest BCUT2D eigenvalue weighted by Gasteiger charge is -2.33. The summed E-state index contributed by atoms with van der Waals surface area (Å²) in [6.45, 7) is 5.16. The summed E-state index contributed by atoms with van der Waals surface area (Å²) in [6.07, 6.45) is 7.93. The molecule has 0 spiro atoms. The van der Waals surface area contributed by atoms with Crippen LogP contribution < -0.4 is 24.8 Å². The van der Waals surface area contributed by atoms with Crippen molar-refractivity contribution in [3.05, 3.63) is 67.9 Å². The van der Waals surface area contributed by atoms with E-state index >= 15 is 0 Å². The SMILES string of the molecule is CCOC(=O)C1=C(C=O)/C(=C2\CCC(=O)[C@H](c3ccc4c(c3)=CCN=4)C2)c2c(c(CO)c3c(c2OC2CCCCC2)C[C@@H](C(C)(C)O)O3)O1. The normalized spacial score (nSPS) is 23.4. The maximum Gasteiger partial charge on any atom is 0.375 e. The Morgan fingerprint density at radius 3 is 2.63 bits per heavy atom. The van der Waals surface area contributed by atoms with E-state index in [2.05, 4.69) is 4.99 Å². The summed E-state index contributed by atoms with van der Waals surface area (Å²) in [5.41, 5.74) is 2.37. The molecule has 2 atom stereocenters. The van der Waals surface area contributed by atoms with Crippen molar-refractivity contribution in [3.63, 3.8) is 0 Å². The van der Waals surface area contributed by atoms with Crippen LogP contribution in [0.25, 0.3) is 11.6 Å². The molecule has 5 aliphatic rings. The molecule has 0 bridgehead atoms. The summed E-state index contributed by atoms with van der Waals surface area (Å²) >= 11 is 0. The van der Waals surface area contributed by atoms with Gasteiger partial charge in [0.25, 0.3) is 0 Å². The smallest absolute Gasteiger partial charge is 0.375 e. The molecular weight excluding hydrogens is 626 g/mol. The lowest BCUT2D eigenvalue weighted by atomic mass is 9.75. The number of Topliss-reactive ketones (excluding diaryl/α,β-unsaturated/α-hetero) is 1. The standard InChI is InChI=1S/C39H43NO9/c1-4-46-38(44)37-27(19-41)32(23-11-13-30(43)25(17-23)21-10-12-29-22(16-21)14-15-40-29)33-35(47-24-8-6-5-7-9-24)26-18-31(39(2,3)45)48-34(26)28(20-42)36(33)49-37/h10,12,14,16,19,24-25,31,42,45H,4-9,11,13,15,17-18,20H2,1-3H3/b32-23-/t25-,31-/m0/s1. The van der Waals surface area contributed by atoms with Gasteiger partial charge in [-0.1, -0.05) is 24.1 Å². The number of rotatable bonds is 8. The Morgan fingerprint density at radius 2 is 1.92 bits per heavy atom. The van der Waals surface area contributed by atoms with Crippen LogP contribution in [0.2, 0.25) is 0 Å². The van der Waals surface area contributed by atoms with Gasteiger partial charge < -0.3 is 29.2 Å². The predicted molar refractivity (Wildman–Crippen MR) is 180 cm³/mol. The summed E-state index contributed by atoms with van der Waals surface area (Å²) in [6, 6.07) is 5.90. The minimum Gasteiger partial charge on any atom is -0.489 e. The maximum atomic E-state index is 13.6. The fourth-order valence-corrected chi connectivity index (χ4v) is 7.86. The molecule has 0 amide bonds. The van der Waals surface area contributed by atoms with Gasteiger partial charge in [-0.2, -0.15) is 0 Å². The van der Waals surface area contributed by atoms with Crippen LogP contribution in [0.5, 0.6) is 17.2 Å². The van der Waals surface area contributed by atoms with E-state index in [1.165, 1.54) is 0 Å². The largest absolute Gasteiger partial charge is 0.489 e. The molecule has 2 aliphatic carbocycles. The quantitative estimate of drug-likeness (QED) is 0.314. The third kappa shape index (κ3) is 5.99. The van der Waals surface area contributed by atoms with Crippen LogP contribution in [0, 0.1) is 0 Å². The van der Waals surface area contributed by atoms with Gasteiger partial charge in [-0.3, -0.25) is 14.6 Å². The highest BCUT2D eigenvalue weighted by molar-refractivity contribution is 6.11. The first-order valence-corrected chi connectivity index (χ1v) is 17.5. The number of nitrogens with zero attached hydrogens (tertiary/aromatic N) is 1. The summed E-state index contributed by atoms with van der Waals surface area (Å²) in [4.78, 5) is 44.7. The number of fused-ring (bicyclic) bond motifs is 3. The second-order valence-corrected chi connectivity index (χ2v) is 14.1. The molecule has 49 heavy (non-hydrogen) atoms. The number of benzene rings is 2. The molecule has 2 N–H and O–H groups in total. The number of allylic oxidation sites excluding steroid dienone is 3. The molecule has 0 saturated heterocycles. The molecule has 2 fully saturated rings. The Balaban J connectivity index is 1.48. The van der Waals surface area contributed by atoms with Crippen LogP contribution >= 0.6 is 0 Å². The molecule has 3 aliphatic heterocycles. The average molecular weight is 670 g/mol. The van der Waals surface area contributed by atoms with Crippen LogP contribution in [0.4, 0.5) is 0 Å². The predicted octanol–water partition coefficient (Wildman–Crippen LogP) is 4.08. The first kappa shape index (κ1) is 33.2. The summed E-state index contributed by atoms with van der Waals surface area (Å²) in [7, 11) is 0. The molecule has 258 valence electrons. The van der Waals surface area contributed by atoms with E-state index in [0.717, 1.165) is 53.8 Å². The Kier molecular flexibility index (Phi) is 8.96.